The van der Waals surface area contributed by atoms with E-state index >= 15 is 0 Å². The van der Waals surface area contributed by atoms with Gasteiger partial charge in [-0.3, -0.25) is 0 Å². The summed E-state index contributed by atoms with van der Waals surface area (Å²) in [5, 5.41) is 0. The average Bonchev–Trinajstić information content (AvgIpc) is 1.35. The van der Waals surface area contributed by atoms with Gasteiger partial charge in [0.05, 0.1) is 11.9 Å². The Hall–Kier alpha value is 1.32. The molecule has 0 aromatic heterocycles. The van der Waals surface area contributed by atoms with E-state index in [9.17, 15) is 4.57 Å². The first-order valence-electron chi connectivity index (χ1n) is 0.919. The largest absolute Gasteiger partial charge is 0.486 e. The number of hydrogen-bond donors (Lipinski definition) is 2. The van der Waals surface area contributed by atoms with E-state index in [2.05, 4.69) is 15.9 Å². The molecule has 0 spiro atoms. The van der Waals surface area contributed by atoms with E-state index in [1.165, 1.54) is 0 Å². The first-order valence-corrected chi connectivity index (χ1v) is 2.76. The van der Waals surface area contributed by atoms with E-state index in [4.69, 9.17) is 9.79 Å². The minimum atomic E-state index is -4.38. The molecule has 0 saturated carbocycles. The molecule has 0 aliphatic heterocycles. The van der Waals surface area contributed by atoms with E-state index in [1.807, 2.05) is 0 Å². The molecule has 7 heteroatoms. The molecule has 0 aromatic rings. The van der Waals surface area contributed by atoms with Crippen LogP contribution in [0.3, 0.4) is 0 Å². The van der Waals surface area contributed by atoms with E-state index in [0.717, 1.165) is 0 Å². The van der Waals surface area contributed by atoms with Gasteiger partial charge in [0.25, 0.3) is 0 Å². The van der Waals surface area contributed by atoms with Gasteiger partial charge in [-0.05, 0) is 0 Å². The van der Waals surface area contributed by atoms with E-state index in [0.29, 0.717) is 0 Å². The second kappa shape index (κ2) is 4.23. The maximum absolute atomic E-state index is 9.34. The predicted octanol–water partition coefficient (Wildman–Crippen LogP) is -0.131. The zero-order valence-electron chi connectivity index (χ0n) is 3.04. The van der Waals surface area contributed by atoms with Gasteiger partial charge < -0.3 is 9.79 Å². The zero-order valence-corrected chi connectivity index (χ0v) is 8.57. The third kappa shape index (κ3) is 11.1. The molecule has 0 atom stereocenters. The van der Waals surface area contributed by atoms with Gasteiger partial charge in [0.1, 0.15) is 0 Å². The van der Waals surface area contributed by atoms with E-state index in [1.54, 1.807) is 0 Å². The third-order valence-corrected chi connectivity index (χ3v) is 0.809. The van der Waals surface area contributed by atoms with Gasteiger partial charge in [0.2, 0.25) is 0 Å². The molecule has 0 amide bonds. The maximum atomic E-state index is 9.34. The van der Waals surface area contributed by atoms with Crippen molar-refractivity contribution in [1.29, 1.82) is 0 Å². The number of hydrogen-bond acceptors (Lipinski definition) is 2. The summed E-state index contributed by atoms with van der Waals surface area (Å²) in [7, 11) is -4.38. The summed E-state index contributed by atoms with van der Waals surface area (Å²) in [6, 6.07) is 0. The van der Waals surface area contributed by atoms with Crippen LogP contribution in [-0.2, 0) is 8.64 Å². The first kappa shape index (κ1) is 11.2. The quantitative estimate of drug-likeness (QED) is 0.516. The standard InChI is InChI=1S/ClH2O4P.Pb/c1-5-6(2,3)4;/h(H2,2,3,4);. The molecule has 0 saturated heterocycles. The summed E-state index contributed by atoms with van der Waals surface area (Å²) in [5.74, 6) is 0. The molecule has 0 aliphatic carbocycles. The molecule has 0 unspecified atom stereocenters. The SMILES string of the molecule is O=P(O)(O)OCl.[Pb]. The Morgan fingerprint density at radius 3 is 1.71 bits per heavy atom. The average molecular weight is 340 g/mol. The van der Waals surface area contributed by atoms with Crippen molar-refractivity contribution in [1.82, 2.24) is 0 Å². The minimum absolute atomic E-state index is 0. The van der Waals surface area contributed by atoms with E-state index in [-0.39, 0.29) is 27.3 Å². The summed E-state index contributed by atoms with van der Waals surface area (Å²) in [6.45, 7) is 0. The molecular weight excluding hydrogens is 338 g/mol. The van der Waals surface area contributed by atoms with Crippen LogP contribution in [0.5, 0.6) is 0 Å². The van der Waals surface area contributed by atoms with Gasteiger partial charge >= 0.3 is 7.82 Å². The normalized spacial score (nSPS) is 10.1. The second-order valence-corrected chi connectivity index (χ2v) is 2.09. The van der Waals surface area contributed by atoms with Gasteiger partial charge in [-0.1, -0.05) is 0 Å². The number of phosphoric acid groups is 1. The minimum Gasteiger partial charge on any atom is -0.302 e. The molecule has 7 heavy (non-hydrogen) atoms. The molecule has 0 fully saturated rings. The molecule has 4 nitrogen and oxygen atoms in total. The summed E-state index contributed by atoms with van der Waals surface area (Å²) in [4.78, 5) is 15.2. The van der Waals surface area contributed by atoms with Gasteiger partial charge in [-0.25, -0.2) is 4.57 Å². The van der Waals surface area contributed by atoms with E-state index < -0.39 is 7.82 Å². The number of halogens is 1. The topological polar surface area (TPSA) is 66.8 Å². The molecular formula is H2ClO4PPb. The summed E-state index contributed by atoms with van der Waals surface area (Å²) < 4.78 is 12.4. The van der Waals surface area contributed by atoms with Gasteiger partial charge in [-0.2, -0.15) is 4.08 Å². The zero-order chi connectivity index (χ0) is 5.21. The van der Waals surface area contributed by atoms with Crippen LogP contribution in [-0.4, -0.2) is 37.1 Å². The molecule has 0 aliphatic rings. The predicted molar refractivity (Wildman–Crippen MR) is 24.7 cm³/mol. The Morgan fingerprint density at radius 2 is 1.71 bits per heavy atom. The Labute approximate surface area is 65.4 Å². The Bertz CT molecular complexity index is 75.8. The van der Waals surface area contributed by atoms with Crippen LogP contribution in [0, 0.1) is 0 Å². The summed E-state index contributed by atoms with van der Waals surface area (Å²) in [5.41, 5.74) is 0. The second-order valence-electron chi connectivity index (χ2n) is 0.560. The van der Waals surface area contributed by atoms with Crippen molar-refractivity contribution in [3.8, 4) is 0 Å². The van der Waals surface area contributed by atoms with Crippen molar-refractivity contribution in [3.63, 3.8) is 0 Å². The summed E-state index contributed by atoms with van der Waals surface area (Å²) >= 11 is 4.21. The van der Waals surface area contributed by atoms with Crippen LogP contribution < -0.4 is 0 Å². The van der Waals surface area contributed by atoms with Crippen molar-refractivity contribution in [2.24, 2.45) is 0 Å². The Balaban J connectivity index is 0. The Morgan fingerprint density at radius 1 is 1.57 bits per heavy atom. The molecule has 0 heterocycles. The molecule has 0 bridgehead atoms. The number of rotatable bonds is 1. The fourth-order valence-electron chi connectivity index (χ4n) is 0. The van der Waals surface area contributed by atoms with Crippen LogP contribution in [0.15, 0.2) is 0 Å². The maximum Gasteiger partial charge on any atom is 0.486 e. The fraction of sp³-hybridized carbons (Fsp3) is 0. The third-order valence-electron chi connectivity index (χ3n) is 0.0899. The molecule has 2 N–H and O–H groups in total. The van der Waals surface area contributed by atoms with Crippen molar-refractivity contribution in [3.05, 3.63) is 0 Å². The first-order chi connectivity index (χ1) is 2.56. The van der Waals surface area contributed by atoms with Crippen molar-refractivity contribution < 1.29 is 18.4 Å². The van der Waals surface area contributed by atoms with Crippen LogP contribution in [0.4, 0.5) is 0 Å². The molecule has 0 aromatic carbocycles. The monoisotopic (exact) mass is 340 g/mol. The van der Waals surface area contributed by atoms with Crippen molar-refractivity contribution in [2.45, 2.75) is 0 Å². The van der Waals surface area contributed by atoms with Crippen LogP contribution >= 0.6 is 19.7 Å². The van der Waals surface area contributed by atoms with Gasteiger partial charge in [0, 0.05) is 27.3 Å². The fourth-order valence-corrected chi connectivity index (χ4v) is 0. The molecule has 4 radical (unpaired) electrons. The van der Waals surface area contributed by atoms with Crippen molar-refractivity contribution >= 4 is 47.0 Å². The summed E-state index contributed by atoms with van der Waals surface area (Å²) in [6.07, 6.45) is 0. The van der Waals surface area contributed by atoms with Crippen LogP contribution in [0.1, 0.15) is 0 Å². The smallest absolute Gasteiger partial charge is 0.302 e. The van der Waals surface area contributed by atoms with Gasteiger partial charge in [0.15, 0.2) is 0 Å². The van der Waals surface area contributed by atoms with Crippen LogP contribution in [0.2, 0.25) is 0 Å². The van der Waals surface area contributed by atoms with Crippen LogP contribution in [0.25, 0.3) is 0 Å². The Kier molecular flexibility index (Phi) is 6.74. The van der Waals surface area contributed by atoms with Gasteiger partial charge in [-0.15, -0.1) is 0 Å². The van der Waals surface area contributed by atoms with Crippen molar-refractivity contribution in [2.75, 3.05) is 0 Å². The molecule has 0 rings (SSSR count). The molecule has 42 valence electrons.